The minimum Gasteiger partial charge on any atom is -0.340 e. The Labute approximate surface area is 271 Å². The third-order valence-corrected chi connectivity index (χ3v) is 13.6. The number of benzene rings is 3. The fraction of sp³-hybridized carbons (Fsp3) is 0.548. The first kappa shape index (κ1) is 29.3. The summed E-state index contributed by atoms with van der Waals surface area (Å²) in [5.74, 6) is 2.79. The highest BCUT2D eigenvalue weighted by Gasteiger charge is 2.58. The maximum atomic E-state index is 2.85. The lowest BCUT2D eigenvalue weighted by atomic mass is 9.61. The Hall–Kier alpha value is -3.07. The van der Waals surface area contributed by atoms with Gasteiger partial charge in [0.1, 0.15) is 18.6 Å². The Morgan fingerprint density at radius 1 is 0.778 bits per heavy atom. The van der Waals surface area contributed by atoms with Crippen LogP contribution >= 0.6 is 0 Å². The molecule has 45 heavy (non-hydrogen) atoms. The summed E-state index contributed by atoms with van der Waals surface area (Å²) in [6.07, 6.45) is 15.9. The van der Waals surface area contributed by atoms with E-state index in [0.717, 1.165) is 25.9 Å². The number of aromatic nitrogens is 1. The Morgan fingerprint density at radius 3 is 2.11 bits per heavy atom. The molecule has 0 amide bonds. The molecule has 0 radical (unpaired) electrons. The molecule has 2 atom stereocenters. The van der Waals surface area contributed by atoms with Crippen LogP contribution in [0, 0.1) is 0 Å². The van der Waals surface area contributed by atoms with Crippen molar-refractivity contribution in [3.05, 3.63) is 76.9 Å². The number of nitrogens with zero attached hydrogens (tertiary/aromatic N) is 3. The van der Waals surface area contributed by atoms with Crippen molar-refractivity contribution in [1.82, 2.24) is 4.57 Å². The van der Waals surface area contributed by atoms with Crippen LogP contribution in [-0.4, -0.2) is 33.6 Å². The first-order valence-electron chi connectivity index (χ1n) is 18.5. The van der Waals surface area contributed by atoms with E-state index in [1.807, 2.05) is 0 Å². The minimum absolute atomic E-state index is 0.0608. The molecule has 2 saturated carbocycles. The van der Waals surface area contributed by atoms with Gasteiger partial charge in [0, 0.05) is 34.3 Å². The van der Waals surface area contributed by atoms with Crippen molar-refractivity contribution in [2.45, 2.75) is 128 Å². The highest BCUT2D eigenvalue weighted by molar-refractivity contribution is 6.19. The average molecular weight is 601 g/mol. The van der Waals surface area contributed by atoms with E-state index in [2.05, 4.69) is 103 Å². The van der Waals surface area contributed by atoms with Gasteiger partial charge in [0.2, 0.25) is 0 Å². The van der Waals surface area contributed by atoms with E-state index in [1.165, 1.54) is 97.7 Å². The first-order chi connectivity index (χ1) is 21.9. The van der Waals surface area contributed by atoms with Crippen molar-refractivity contribution in [2.24, 2.45) is 7.05 Å². The van der Waals surface area contributed by atoms with Crippen molar-refractivity contribution < 1.29 is 4.58 Å². The van der Waals surface area contributed by atoms with E-state index in [1.54, 1.807) is 22.1 Å². The molecule has 4 aromatic rings. The van der Waals surface area contributed by atoms with Crippen molar-refractivity contribution in [1.29, 1.82) is 0 Å². The van der Waals surface area contributed by atoms with Gasteiger partial charge in [-0.15, -0.1) is 0 Å². The molecule has 1 aromatic heterocycles. The maximum Gasteiger partial charge on any atom is 0.285 e. The number of fused-ring (bicyclic) bond motifs is 5. The molecule has 0 spiro atoms. The molecular formula is C42H54N3+. The second kappa shape index (κ2) is 11.0. The largest absolute Gasteiger partial charge is 0.340 e. The number of anilines is 1. The topological polar surface area (TPSA) is 11.2 Å². The molecule has 2 unspecified atom stereocenters. The van der Waals surface area contributed by atoms with Crippen LogP contribution in [0.4, 0.5) is 5.69 Å². The van der Waals surface area contributed by atoms with Gasteiger partial charge in [-0.2, -0.15) is 0 Å². The lowest BCUT2D eigenvalue weighted by Crippen LogP contribution is -2.59. The van der Waals surface area contributed by atoms with Crippen LogP contribution in [0.1, 0.15) is 139 Å². The van der Waals surface area contributed by atoms with Gasteiger partial charge in [-0.3, -0.25) is 4.58 Å². The lowest BCUT2D eigenvalue weighted by molar-refractivity contribution is -0.612. The first-order valence-corrected chi connectivity index (χ1v) is 18.5. The normalized spacial score (nSPS) is 26.2. The Kier molecular flexibility index (Phi) is 7.19. The zero-order valence-corrected chi connectivity index (χ0v) is 28.6. The van der Waals surface area contributed by atoms with Crippen LogP contribution in [0.15, 0.2) is 54.6 Å². The van der Waals surface area contributed by atoms with E-state index in [4.69, 9.17) is 0 Å². The fourth-order valence-electron chi connectivity index (χ4n) is 10.6. The second-order valence-electron chi connectivity index (χ2n) is 15.4. The van der Waals surface area contributed by atoms with Crippen LogP contribution < -0.4 is 4.90 Å². The van der Waals surface area contributed by atoms with Crippen LogP contribution in [0.5, 0.6) is 0 Å². The molecule has 0 bridgehead atoms. The molecule has 3 nitrogen and oxygen atoms in total. The van der Waals surface area contributed by atoms with Gasteiger partial charge >= 0.3 is 0 Å². The molecule has 236 valence electrons. The molecule has 8 rings (SSSR count). The summed E-state index contributed by atoms with van der Waals surface area (Å²) in [7, 11) is 2.36. The highest BCUT2D eigenvalue weighted by Crippen LogP contribution is 2.52. The van der Waals surface area contributed by atoms with Gasteiger partial charge in [-0.05, 0) is 80.5 Å². The summed E-state index contributed by atoms with van der Waals surface area (Å²) in [5.41, 5.74) is 10.9. The summed E-state index contributed by atoms with van der Waals surface area (Å²) < 4.78 is 5.44. The zero-order valence-electron chi connectivity index (χ0n) is 28.6. The number of para-hydroxylation sites is 1. The van der Waals surface area contributed by atoms with Crippen molar-refractivity contribution in [3.8, 4) is 0 Å². The quantitative estimate of drug-likeness (QED) is 0.207. The van der Waals surface area contributed by atoms with E-state index >= 15 is 0 Å². The lowest BCUT2D eigenvalue weighted by Gasteiger charge is -2.48. The van der Waals surface area contributed by atoms with Gasteiger partial charge in [0.25, 0.3) is 5.84 Å². The summed E-state index contributed by atoms with van der Waals surface area (Å²) in [6, 6.07) is 21.5. The standard InChI is InChI=1S/C42H54N3/c1-6-41(3)35-24-16-14-22-31(35)40-44(26-27-45(40)42(41,4)7-2)38-34(30-20-12-9-13-21-30)28-33(29-18-10-8-11-19-29)37-32-23-15-17-25-36(32)43(5)39(37)38/h14-17,22-25,28-30H,6-13,18-21,26-27H2,1-5H3/q+1. The second-order valence-corrected chi connectivity index (χ2v) is 15.4. The Bertz CT molecular complexity index is 1800. The Morgan fingerprint density at radius 2 is 1.42 bits per heavy atom. The number of aryl methyl sites for hydroxylation is 1. The van der Waals surface area contributed by atoms with E-state index in [0.29, 0.717) is 11.8 Å². The third kappa shape index (κ3) is 4.10. The molecule has 3 heterocycles. The molecule has 0 N–H and O–H groups in total. The minimum atomic E-state index is 0.0608. The predicted molar refractivity (Wildman–Crippen MR) is 191 cm³/mol. The molecular weight excluding hydrogens is 546 g/mol. The smallest absolute Gasteiger partial charge is 0.285 e. The van der Waals surface area contributed by atoms with Crippen molar-refractivity contribution in [2.75, 3.05) is 18.0 Å². The molecule has 0 saturated heterocycles. The molecule has 2 aliphatic heterocycles. The fourth-order valence-corrected chi connectivity index (χ4v) is 10.6. The monoisotopic (exact) mass is 600 g/mol. The summed E-state index contributed by atoms with van der Waals surface area (Å²) in [6.45, 7) is 12.1. The Balaban J connectivity index is 1.46. The van der Waals surface area contributed by atoms with Gasteiger partial charge in [-0.25, -0.2) is 4.90 Å². The molecule has 2 aliphatic carbocycles. The molecule has 2 fully saturated rings. The van der Waals surface area contributed by atoms with Gasteiger partial charge in [-0.1, -0.05) is 102 Å². The van der Waals surface area contributed by atoms with Gasteiger partial charge in [0.05, 0.1) is 11.1 Å². The molecule has 4 aliphatic rings. The predicted octanol–water partition coefficient (Wildman–Crippen LogP) is 10.6. The zero-order chi connectivity index (χ0) is 30.9. The summed E-state index contributed by atoms with van der Waals surface area (Å²) in [5, 5.41) is 3.00. The van der Waals surface area contributed by atoms with Crippen LogP contribution in [0.25, 0.3) is 21.8 Å². The van der Waals surface area contributed by atoms with Gasteiger partial charge < -0.3 is 4.57 Å². The van der Waals surface area contributed by atoms with E-state index in [-0.39, 0.29) is 11.0 Å². The van der Waals surface area contributed by atoms with E-state index in [9.17, 15) is 0 Å². The van der Waals surface area contributed by atoms with Crippen LogP contribution in [0.3, 0.4) is 0 Å². The summed E-state index contributed by atoms with van der Waals surface area (Å²) in [4.78, 5) is 2.83. The summed E-state index contributed by atoms with van der Waals surface area (Å²) >= 11 is 0. The highest BCUT2D eigenvalue weighted by atomic mass is 15.3. The average Bonchev–Trinajstić information content (AvgIpc) is 3.67. The van der Waals surface area contributed by atoms with E-state index < -0.39 is 0 Å². The number of hydrogen-bond donors (Lipinski definition) is 0. The third-order valence-electron chi connectivity index (χ3n) is 13.6. The number of hydrogen-bond acceptors (Lipinski definition) is 1. The number of rotatable bonds is 5. The van der Waals surface area contributed by atoms with Crippen molar-refractivity contribution >= 4 is 33.3 Å². The van der Waals surface area contributed by atoms with Crippen LogP contribution in [0.2, 0.25) is 0 Å². The van der Waals surface area contributed by atoms with Crippen LogP contribution in [-0.2, 0) is 12.5 Å². The SMILES string of the molecule is CCC1(C)c2ccccc2C2=[N+](CCN2c2c(C3CCCCC3)cc(C3CCCCC3)c3c4ccccc4n(C)c23)C1(C)CC. The number of amidine groups is 1. The van der Waals surface area contributed by atoms with Crippen molar-refractivity contribution in [3.63, 3.8) is 0 Å². The molecule has 3 aromatic carbocycles. The molecule has 3 heteroatoms. The van der Waals surface area contributed by atoms with Gasteiger partial charge in [0.15, 0.2) is 5.69 Å². The maximum absolute atomic E-state index is 2.85.